The topological polar surface area (TPSA) is 71.5 Å². The molecule has 2 heterocycles. The predicted octanol–water partition coefficient (Wildman–Crippen LogP) is 2.44. The minimum absolute atomic E-state index is 0.0696. The second kappa shape index (κ2) is 6.42. The smallest absolute Gasteiger partial charge is 0.214 e. The van der Waals surface area contributed by atoms with Crippen molar-refractivity contribution in [1.29, 1.82) is 0 Å². The van der Waals surface area contributed by atoms with E-state index in [2.05, 4.69) is 0 Å². The molecule has 3 rings (SSSR count). The van der Waals surface area contributed by atoms with Crippen LogP contribution >= 0.6 is 0 Å². The van der Waals surface area contributed by atoms with Crippen molar-refractivity contribution in [2.24, 2.45) is 5.92 Å². The molecule has 2 saturated heterocycles. The van der Waals surface area contributed by atoms with Crippen molar-refractivity contribution in [3.63, 3.8) is 0 Å². The molecule has 1 aromatic rings. The van der Waals surface area contributed by atoms with Crippen LogP contribution in [-0.2, 0) is 19.9 Å². The Labute approximate surface area is 145 Å². The fourth-order valence-corrected chi connectivity index (χ4v) is 8.28. The molecule has 24 heavy (non-hydrogen) atoms. The maximum Gasteiger partial charge on any atom is 0.214 e. The van der Waals surface area contributed by atoms with Crippen LogP contribution in [0.25, 0.3) is 0 Å². The lowest BCUT2D eigenvalue weighted by atomic mass is 10.1. The first-order valence-electron chi connectivity index (χ1n) is 8.52. The lowest BCUT2D eigenvalue weighted by molar-refractivity contribution is 0.248. The predicted molar refractivity (Wildman–Crippen MR) is 93.9 cm³/mol. The standard InChI is InChI=1S/C17H25NO4S2/c1-13(2)12-23(19,20)18-14-8-9-15(18)11-17(10-14)24(21,22)16-6-4-3-5-7-16/h3-7,13-15,17H,8-12H2,1-2H3. The molecule has 7 heteroatoms. The molecular formula is C17H25NO4S2. The number of piperidine rings is 1. The zero-order valence-electron chi connectivity index (χ0n) is 14.1. The van der Waals surface area contributed by atoms with Crippen LogP contribution in [0.4, 0.5) is 0 Å². The van der Waals surface area contributed by atoms with Crippen LogP contribution in [0.5, 0.6) is 0 Å². The van der Waals surface area contributed by atoms with Gasteiger partial charge in [-0.2, -0.15) is 4.31 Å². The number of rotatable bonds is 5. The summed E-state index contributed by atoms with van der Waals surface area (Å²) in [4.78, 5) is 0.341. The molecular weight excluding hydrogens is 346 g/mol. The Morgan fingerprint density at radius 2 is 1.54 bits per heavy atom. The van der Waals surface area contributed by atoms with Crippen molar-refractivity contribution in [1.82, 2.24) is 4.31 Å². The highest BCUT2D eigenvalue weighted by Crippen LogP contribution is 2.41. The first-order valence-corrected chi connectivity index (χ1v) is 11.7. The average Bonchev–Trinajstić information content (AvgIpc) is 2.79. The Hall–Kier alpha value is -0.920. The summed E-state index contributed by atoms with van der Waals surface area (Å²) in [5, 5.41) is -0.483. The number of nitrogens with zero attached hydrogens (tertiary/aromatic N) is 1. The lowest BCUT2D eigenvalue weighted by Gasteiger charge is -2.38. The third-order valence-corrected chi connectivity index (χ3v) is 9.52. The molecule has 1 aromatic carbocycles. The van der Waals surface area contributed by atoms with Crippen molar-refractivity contribution < 1.29 is 16.8 Å². The van der Waals surface area contributed by atoms with Gasteiger partial charge in [0, 0.05) is 12.1 Å². The van der Waals surface area contributed by atoms with E-state index in [9.17, 15) is 16.8 Å². The highest BCUT2D eigenvalue weighted by Gasteiger charge is 2.49. The van der Waals surface area contributed by atoms with Gasteiger partial charge in [-0.1, -0.05) is 32.0 Å². The SMILES string of the molecule is CC(C)CS(=O)(=O)N1C2CCC1CC(S(=O)(=O)c1ccccc1)C2. The second-order valence-electron chi connectivity index (χ2n) is 7.34. The molecule has 0 spiro atoms. The molecule has 0 aliphatic carbocycles. The molecule has 2 bridgehead atoms. The van der Waals surface area contributed by atoms with Crippen molar-refractivity contribution in [3.8, 4) is 0 Å². The third kappa shape index (κ3) is 3.26. The van der Waals surface area contributed by atoms with E-state index in [1.54, 1.807) is 34.6 Å². The normalized spacial score (nSPS) is 28.4. The monoisotopic (exact) mass is 371 g/mol. The van der Waals surface area contributed by atoms with Crippen LogP contribution in [0.2, 0.25) is 0 Å². The summed E-state index contributed by atoms with van der Waals surface area (Å²) in [5.74, 6) is 0.205. The van der Waals surface area contributed by atoms with Gasteiger partial charge in [-0.15, -0.1) is 0 Å². The summed E-state index contributed by atoms with van der Waals surface area (Å²) in [5.41, 5.74) is 0. The molecule has 2 atom stereocenters. The molecule has 0 aromatic heterocycles. The number of sulfonamides is 1. The van der Waals surface area contributed by atoms with E-state index in [0.717, 1.165) is 12.8 Å². The van der Waals surface area contributed by atoms with Gasteiger partial charge in [0.1, 0.15) is 0 Å². The average molecular weight is 372 g/mol. The van der Waals surface area contributed by atoms with Gasteiger partial charge in [0.05, 0.1) is 15.9 Å². The van der Waals surface area contributed by atoms with Gasteiger partial charge in [-0.25, -0.2) is 16.8 Å². The number of sulfone groups is 1. The first-order chi connectivity index (χ1) is 11.2. The van der Waals surface area contributed by atoms with Gasteiger partial charge in [-0.05, 0) is 43.7 Å². The minimum Gasteiger partial charge on any atom is -0.223 e. The molecule has 2 fully saturated rings. The zero-order valence-corrected chi connectivity index (χ0v) is 15.8. The molecule has 0 N–H and O–H groups in total. The molecule has 5 nitrogen and oxygen atoms in total. The molecule has 0 saturated carbocycles. The van der Waals surface area contributed by atoms with Crippen LogP contribution in [0.3, 0.4) is 0 Å². The van der Waals surface area contributed by atoms with Gasteiger partial charge in [-0.3, -0.25) is 0 Å². The van der Waals surface area contributed by atoms with Crippen molar-refractivity contribution >= 4 is 19.9 Å². The van der Waals surface area contributed by atoms with Crippen LogP contribution in [0.1, 0.15) is 39.5 Å². The van der Waals surface area contributed by atoms with E-state index >= 15 is 0 Å². The van der Waals surface area contributed by atoms with E-state index in [4.69, 9.17) is 0 Å². The maximum atomic E-state index is 12.9. The Balaban J connectivity index is 1.83. The number of fused-ring (bicyclic) bond motifs is 2. The summed E-state index contributed by atoms with van der Waals surface area (Å²) >= 11 is 0. The molecule has 2 aliphatic heterocycles. The Morgan fingerprint density at radius 1 is 1.00 bits per heavy atom. The van der Waals surface area contributed by atoms with Crippen molar-refractivity contribution in [2.75, 3.05) is 5.75 Å². The van der Waals surface area contributed by atoms with Gasteiger partial charge in [0.2, 0.25) is 10.0 Å². The summed E-state index contributed by atoms with van der Waals surface area (Å²) in [6, 6.07) is 8.15. The Bertz CT molecular complexity index is 773. The Kier molecular flexibility index (Phi) is 4.79. The maximum absolute atomic E-state index is 12.9. The van der Waals surface area contributed by atoms with Gasteiger partial charge in [0.25, 0.3) is 0 Å². The summed E-state index contributed by atoms with van der Waals surface area (Å²) in [7, 11) is -6.71. The third-order valence-electron chi connectivity index (χ3n) is 5.00. The molecule has 0 radical (unpaired) electrons. The number of benzene rings is 1. The molecule has 2 unspecified atom stereocenters. The van der Waals surface area contributed by atoms with Crippen molar-refractivity contribution in [2.45, 2.75) is 61.8 Å². The lowest BCUT2D eigenvalue weighted by Crippen LogP contribution is -2.50. The molecule has 134 valence electrons. The van der Waals surface area contributed by atoms with Crippen LogP contribution < -0.4 is 0 Å². The highest BCUT2D eigenvalue weighted by atomic mass is 32.2. The largest absolute Gasteiger partial charge is 0.223 e. The first kappa shape index (κ1) is 17.9. The number of hydrogen-bond acceptors (Lipinski definition) is 4. The number of hydrogen-bond donors (Lipinski definition) is 0. The van der Waals surface area contributed by atoms with Crippen LogP contribution in [0.15, 0.2) is 35.2 Å². The van der Waals surface area contributed by atoms with Crippen LogP contribution in [-0.4, -0.2) is 44.2 Å². The minimum atomic E-state index is -3.40. The second-order valence-corrected chi connectivity index (χ2v) is 11.5. The summed E-state index contributed by atoms with van der Waals surface area (Å²) < 4.78 is 52.7. The van der Waals surface area contributed by atoms with E-state index < -0.39 is 25.1 Å². The summed E-state index contributed by atoms with van der Waals surface area (Å²) in [6.45, 7) is 3.79. The fraction of sp³-hybridized carbons (Fsp3) is 0.647. The van der Waals surface area contributed by atoms with Gasteiger partial charge in [0.15, 0.2) is 9.84 Å². The van der Waals surface area contributed by atoms with Gasteiger partial charge >= 0.3 is 0 Å². The van der Waals surface area contributed by atoms with E-state index in [1.165, 1.54) is 0 Å². The van der Waals surface area contributed by atoms with Crippen molar-refractivity contribution in [3.05, 3.63) is 30.3 Å². The van der Waals surface area contributed by atoms with Crippen LogP contribution in [0, 0.1) is 5.92 Å². The van der Waals surface area contributed by atoms with E-state index in [1.807, 2.05) is 13.8 Å². The zero-order chi connectivity index (χ0) is 17.5. The summed E-state index contributed by atoms with van der Waals surface area (Å²) in [6.07, 6.45) is 2.35. The van der Waals surface area contributed by atoms with E-state index in [0.29, 0.717) is 17.7 Å². The quantitative estimate of drug-likeness (QED) is 0.797. The molecule has 0 amide bonds. The highest BCUT2D eigenvalue weighted by molar-refractivity contribution is 7.92. The van der Waals surface area contributed by atoms with E-state index in [-0.39, 0.29) is 23.8 Å². The Morgan fingerprint density at radius 3 is 2.04 bits per heavy atom. The van der Waals surface area contributed by atoms with Gasteiger partial charge < -0.3 is 0 Å². The molecule has 2 aliphatic rings. The fourth-order valence-electron chi connectivity index (χ4n) is 4.10.